The Labute approximate surface area is 152 Å². The van der Waals surface area contributed by atoms with Crippen LogP contribution < -0.4 is 5.32 Å². The number of nitrogens with zero attached hydrogens (tertiary/aromatic N) is 2. The van der Waals surface area contributed by atoms with Crippen molar-refractivity contribution in [1.82, 2.24) is 20.2 Å². The van der Waals surface area contributed by atoms with Crippen molar-refractivity contribution in [2.45, 2.75) is 0 Å². The number of anilines is 1. The Balaban J connectivity index is 1.60. The molecule has 2 aromatic carbocycles. The minimum atomic E-state index is -0.491. The number of imidazole rings is 1. The maximum atomic E-state index is 12.6. The third-order valence-corrected chi connectivity index (χ3v) is 4.09. The summed E-state index contributed by atoms with van der Waals surface area (Å²) in [6, 6.07) is 13.8. The highest BCUT2D eigenvalue weighted by Gasteiger charge is 2.21. The SMILES string of the molecule is O=C(Nc1nc2ccccc2[nH]1)c1cn[nH]c1C(=O)c1ccc(Cl)cc1. The van der Waals surface area contributed by atoms with Crippen LogP contribution in [0.25, 0.3) is 11.0 Å². The van der Waals surface area contributed by atoms with Crippen LogP contribution in [-0.2, 0) is 0 Å². The van der Waals surface area contributed by atoms with E-state index in [1.165, 1.54) is 6.20 Å². The molecule has 0 spiro atoms. The predicted octanol–water partition coefficient (Wildman–Crippen LogP) is 3.42. The third-order valence-electron chi connectivity index (χ3n) is 3.84. The van der Waals surface area contributed by atoms with Gasteiger partial charge in [0, 0.05) is 10.6 Å². The van der Waals surface area contributed by atoms with Crippen molar-refractivity contribution in [3.8, 4) is 0 Å². The fourth-order valence-electron chi connectivity index (χ4n) is 2.56. The molecule has 2 aromatic heterocycles. The maximum absolute atomic E-state index is 12.6. The number of para-hydroxylation sites is 2. The van der Waals surface area contributed by atoms with Gasteiger partial charge in [0.25, 0.3) is 5.91 Å². The summed E-state index contributed by atoms with van der Waals surface area (Å²) in [4.78, 5) is 32.5. The average Bonchev–Trinajstić information content (AvgIpc) is 3.28. The summed E-state index contributed by atoms with van der Waals surface area (Å²) in [6.45, 7) is 0. The summed E-state index contributed by atoms with van der Waals surface area (Å²) in [7, 11) is 0. The first-order valence-corrected chi connectivity index (χ1v) is 8.09. The molecule has 0 fully saturated rings. The van der Waals surface area contributed by atoms with Gasteiger partial charge in [-0.2, -0.15) is 5.10 Å². The highest BCUT2D eigenvalue weighted by molar-refractivity contribution is 6.30. The molecule has 0 atom stereocenters. The molecule has 1 amide bonds. The fourth-order valence-corrected chi connectivity index (χ4v) is 2.69. The lowest BCUT2D eigenvalue weighted by Gasteiger charge is -2.03. The minimum absolute atomic E-state index is 0.0981. The maximum Gasteiger partial charge on any atom is 0.261 e. The number of amides is 1. The van der Waals surface area contributed by atoms with E-state index in [1.807, 2.05) is 24.3 Å². The first-order chi connectivity index (χ1) is 12.6. The Hall–Kier alpha value is -3.45. The first-order valence-electron chi connectivity index (χ1n) is 7.71. The molecular formula is C18H12ClN5O2. The Kier molecular flexibility index (Phi) is 3.98. The van der Waals surface area contributed by atoms with Crippen LogP contribution in [0.2, 0.25) is 5.02 Å². The van der Waals surface area contributed by atoms with Gasteiger partial charge in [0.1, 0.15) is 5.69 Å². The molecule has 0 bridgehead atoms. The summed E-state index contributed by atoms with van der Waals surface area (Å²) in [5.41, 5.74) is 2.16. The van der Waals surface area contributed by atoms with Gasteiger partial charge in [0.2, 0.25) is 11.7 Å². The van der Waals surface area contributed by atoms with Crippen LogP contribution in [0.5, 0.6) is 0 Å². The van der Waals surface area contributed by atoms with Crippen molar-refractivity contribution in [2.24, 2.45) is 0 Å². The number of aromatic nitrogens is 4. The van der Waals surface area contributed by atoms with Crippen molar-refractivity contribution in [3.05, 3.63) is 76.6 Å². The van der Waals surface area contributed by atoms with E-state index in [2.05, 4.69) is 25.5 Å². The molecule has 0 saturated carbocycles. The molecule has 26 heavy (non-hydrogen) atoms. The van der Waals surface area contributed by atoms with Gasteiger partial charge >= 0.3 is 0 Å². The lowest BCUT2D eigenvalue weighted by Crippen LogP contribution is -2.16. The molecule has 128 valence electrons. The van der Waals surface area contributed by atoms with Crippen LogP contribution in [0.15, 0.2) is 54.7 Å². The zero-order chi connectivity index (χ0) is 18.1. The van der Waals surface area contributed by atoms with E-state index in [4.69, 9.17) is 11.6 Å². The number of aromatic amines is 2. The average molecular weight is 366 g/mol. The van der Waals surface area contributed by atoms with Crippen LogP contribution >= 0.6 is 11.6 Å². The van der Waals surface area contributed by atoms with Crippen LogP contribution in [0.1, 0.15) is 26.4 Å². The van der Waals surface area contributed by atoms with Gasteiger partial charge in [0.15, 0.2) is 0 Å². The van der Waals surface area contributed by atoms with Crippen LogP contribution in [0, 0.1) is 0 Å². The zero-order valence-electron chi connectivity index (χ0n) is 13.3. The number of rotatable bonds is 4. The van der Waals surface area contributed by atoms with E-state index >= 15 is 0 Å². The molecular weight excluding hydrogens is 354 g/mol. The van der Waals surface area contributed by atoms with Crippen molar-refractivity contribution >= 4 is 40.3 Å². The Morgan fingerprint density at radius 3 is 2.58 bits per heavy atom. The van der Waals surface area contributed by atoms with Gasteiger partial charge < -0.3 is 4.98 Å². The van der Waals surface area contributed by atoms with Gasteiger partial charge in [0.05, 0.1) is 22.8 Å². The second-order valence-corrected chi connectivity index (χ2v) is 5.99. The topological polar surface area (TPSA) is 104 Å². The van der Waals surface area contributed by atoms with Crippen LogP contribution in [0.4, 0.5) is 5.95 Å². The van der Waals surface area contributed by atoms with E-state index in [0.29, 0.717) is 16.5 Å². The van der Waals surface area contributed by atoms with Crippen LogP contribution in [-0.4, -0.2) is 31.9 Å². The third kappa shape index (κ3) is 2.96. The highest BCUT2D eigenvalue weighted by Crippen LogP contribution is 2.17. The van der Waals surface area contributed by atoms with Gasteiger partial charge in [-0.15, -0.1) is 0 Å². The normalized spacial score (nSPS) is 10.8. The van der Waals surface area contributed by atoms with Crippen molar-refractivity contribution in [2.75, 3.05) is 5.32 Å². The molecule has 0 aliphatic rings. The molecule has 2 heterocycles. The quantitative estimate of drug-likeness (QED) is 0.482. The number of carbonyl (C=O) groups is 2. The van der Waals surface area contributed by atoms with Gasteiger partial charge in [-0.1, -0.05) is 23.7 Å². The fraction of sp³-hybridized carbons (Fsp3) is 0. The Morgan fingerprint density at radius 2 is 1.81 bits per heavy atom. The molecule has 0 aliphatic carbocycles. The van der Waals surface area contributed by atoms with Crippen molar-refractivity contribution < 1.29 is 9.59 Å². The Bertz CT molecular complexity index is 1080. The lowest BCUT2D eigenvalue weighted by atomic mass is 10.1. The van der Waals surface area contributed by atoms with Gasteiger partial charge in [-0.05, 0) is 36.4 Å². The number of carbonyl (C=O) groups excluding carboxylic acids is 2. The molecule has 0 radical (unpaired) electrons. The largest absolute Gasteiger partial charge is 0.324 e. The van der Waals surface area contributed by atoms with E-state index in [-0.39, 0.29) is 17.0 Å². The number of H-pyrrole nitrogens is 2. The second kappa shape index (κ2) is 6.45. The molecule has 0 unspecified atom stereocenters. The lowest BCUT2D eigenvalue weighted by molar-refractivity contribution is 0.0994. The molecule has 4 rings (SSSR count). The highest BCUT2D eigenvalue weighted by atomic mass is 35.5. The summed E-state index contributed by atoms with van der Waals surface area (Å²) in [5.74, 6) is -0.550. The summed E-state index contributed by atoms with van der Waals surface area (Å²) < 4.78 is 0. The molecule has 0 aliphatic heterocycles. The second-order valence-electron chi connectivity index (χ2n) is 5.55. The number of halogens is 1. The summed E-state index contributed by atoms with van der Waals surface area (Å²) in [5, 5.41) is 9.59. The Morgan fingerprint density at radius 1 is 1.04 bits per heavy atom. The van der Waals surface area contributed by atoms with E-state index < -0.39 is 5.91 Å². The number of fused-ring (bicyclic) bond motifs is 1. The van der Waals surface area contributed by atoms with Gasteiger partial charge in [-0.25, -0.2) is 4.98 Å². The predicted molar refractivity (Wildman–Crippen MR) is 97.5 cm³/mol. The molecule has 7 nitrogen and oxygen atoms in total. The number of ketones is 1. The molecule has 4 aromatic rings. The van der Waals surface area contributed by atoms with E-state index in [1.54, 1.807) is 24.3 Å². The molecule has 3 N–H and O–H groups in total. The van der Waals surface area contributed by atoms with E-state index in [9.17, 15) is 9.59 Å². The number of hydrogen-bond donors (Lipinski definition) is 3. The standard InChI is InChI=1S/C18H12ClN5O2/c19-11-7-5-10(6-8-11)16(25)15-12(9-20-24-15)17(26)23-18-21-13-3-1-2-4-14(13)22-18/h1-9H,(H,20,24)(H2,21,22,23,26). The number of nitrogens with one attached hydrogen (secondary N) is 3. The number of hydrogen-bond acceptors (Lipinski definition) is 4. The first kappa shape index (κ1) is 16.0. The van der Waals surface area contributed by atoms with Crippen molar-refractivity contribution in [3.63, 3.8) is 0 Å². The van der Waals surface area contributed by atoms with Gasteiger partial charge in [-0.3, -0.25) is 20.0 Å². The minimum Gasteiger partial charge on any atom is -0.324 e. The van der Waals surface area contributed by atoms with Crippen LogP contribution in [0.3, 0.4) is 0 Å². The monoisotopic (exact) mass is 365 g/mol. The molecule has 8 heteroatoms. The zero-order valence-corrected chi connectivity index (χ0v) is 14.0. The number of benzene rings is 2. The summed E-state index contributed by atoms with van der Waals surface area (Å²) in [6.07, 6.45) is 1.31. The molecule has 0 saturated heterocycles. The van der Waals surface area contributed by atoms with Crippen molar-refractivity contribution in [1.29, 1.82) is 0 Å². The van der Waals surface area contributed by atoms with E-state index in [0.717, 1.165) is 11.0 Å². The summed E-state index contributed by atoms with van der Waals surface area (Å²) >= 11 is 5.84. The smallest absolute Gasteiger partial charge is 0.261 e.